The highest BCUT2D eigenvalue weighted by Crippen LogP contribution is 2.29. The molecular formula is C21H22N4O6S2. The zero-order valence-electron chi connectivity index (χ0n) is 17.8. The number of thiazole rings is 1. The lowest BCUT2D eigenvalue weighted by Gasteiger charge is -2.27. The van der Waals surface area contributed by atoms with Gasteiger partial charge in [0.2, 0.25) is 11.8 Å². The summed E-state index contributed by atoms with van der Waals surface area (Å²) in [6.45, 7) is 1.32. The number of esters is 1. The summed E-state index contributed by atoms with van der Waals surface area (Å²) >= 11 is 1.25. The molecule has 2 aliphatic rings. The number of benzene rings is 1. The third-order valence-electron chi connectivity index (χ3n) is 5.26. The number of anilines is 2. The zero-order valence-corrected chi connectivity index (χ0v) is 19.5. The maximum absolute atomic E-state index is 12.5. The topological polar surface area (TPSA) is 126 Å². The van der Waals surface area contributed by atoms with Gasteiger partial charge in [0, 0.05) is 25.1 Å². The van der Waals surface area contributed by atoms with Crippen LogP contribution in [0.3, 0.4) is 0 Å². The molecule has 0 N–H and O–H groups in total. The summed E-state index contributed by atoms with van der Waals surface area (Å²) in [5.41, 5.74) is 1.22. The van der Waals surface area contributed by atoms with E-state index in [0.29, 0.717) is 22.9 Å². The number of hydrogen-bond donors (Lipinski definition) is 0. The van der Waals surface area contributed by atoms with Crippen molar-refractivity contribution in [2.45, 2.75) is 38.8 Å². The van der Waals surface area contributed by atoms with E-state index in [1.165, 1.54) is 23.2 Å². The number of carbonyl (C=O) groups excluding carboxylic acids is 3. The standard InChI is InChI=1S/C21H22N4O6S2/c1-14(26)24(16-5-3-2-4-6-16)21-22-15(12-32-21)11-31-20(28)18-7-8-19(27)25(23-18)17-9-10-33(29,30)13-17/h2-6,12,17H,7-11,13H2,1H3/t17-/m1/s1. The lowest BCUT2D eigenvalue weighted by Crippen LogP contribution is -2.42. The molecule has 2 amide bonds. The van der Waals surface area contributed by atoms with Crippen LogP contribution in [-0.2, 0) is 35.6 Å². The SMILES string of the molecule is CC(=O)N(c1ccccc1)c1nc(COC(=O)C2=NN([C@@H]3CCS(=O)(=O)C3)C(=O)CC2)cs1. The number of hydrogen-bond acceptors (Lipinski definition) is 9. The minimum Gasteiger partial charge on any atom is -0.455 e. The maximum Gasteiger partial charge on any atom is 0.354 e. The van der Waals surface area contributed by atoms with Gasteiger partial charge in [-0.25, -0.2) is 23.2 Å². The van der Waals surface area contributed by atoms with Crippen LogP contribution >= 0.6 is 11.3 Å². The fraction of sp³-hybridized carbons (Fsp3) is 0.381. The first-order valence-corrected chi connectivity index (χ1v) is 13.0. The molecule has 0 unspecified atom stereocenters. The molecule has 2 aliphatic heterocycles. The molecule has 1 atom stereocenters. The fourth-order valence-electron chi connectivity index (χ4n) is 3.66. The Bertz CT molecular complexity index is 1210. The van der Waals surface area contributed by atoms with E-state index in [-0.39, 0.29) is 48.5 Å². The van der Waals surface area contributed by atoms with Crippen molar-refractivity contribution >= 4 is 55.5 Å². The van der Waals surface area contributed by atoms with Crippen molar-refractivity contribution in [3.05, 3.63) is 41.4 Å². The van der Waals surface area contributed by atoms with Crippen LogP contribution in [0.25, 0.3) is 0 Å². The third kappa shape index (κ3) is 5.28. The monoisotopic (exact) mass is 490 g/mol. The minimum absolute atomic E-state index is 0.00314. The van der Waals surface area contributed by atoms with Crippen LogP contribution in [-0.4, -0.2) is 59.5 Å². The minimum atomic E-state index is -3.20. The number of nitrogens with zero attached hydrogens (tertiary/aromatic N) is 4. The second-order valence-electron chi connectivity index (χ2n) is 7.73. The predicted molar refractivity (Wildman–Crippen MR) is 122 cm³/mol. The Hall–Kier alpha value is -3.12. The van der Waals surface area contributed by atoms with E-state index in [0.717, 1.165) is 5.01 Å². The first-order valence-electron chi connectivity index (χ1n) is 10.3. The summed E-state index contributed by atoms with van der Waals surface area (Å²) in [6.07, 6.45) is 0.494. The lowest BCUT2D eigenvalue weighted by atomic mass is 10.1. The molecular weight excluding hydrogens is 468 g/mol. The van der Waals surface area contributed by atoms with Gasteiger partial charge >= 0.3 is 5.97 Å². The van der Waals surface area contributed by atoms with Crippen LogP contribution < -0.4 is 4.90 Å². The number of sulfone groups is 1. The Morgan fingerprint density at radius 1 is 1.24 bits per heavy atom. The Labute approximate surface area is 194 Å². The Kier molecular flexibility index (Phi) is 6.56. The van der Waals surface area contributed by atoms with E-state index in [9.17, 15) is 22.8 Å². The average molecular weight is 491 g/mol. The quantitative estimate of drug-likeness (QED) is 0.567. The fourth-order valence-corrected chi connectivity index (χ4v) is 6.23. The summed E-state index contributed by atoms with van der Waals surface area (Å²) in [4.78, 5) is 42.8. The number of amides is 2. The van der Waals surface area contributed by atoms with Crippen molar-refractivity contribution in [3.8, 4) is 0 Å². The number of carbonyl (C=O) groups is 3. The molecule has 12 heteroatoms. The van der Waals surface area contributed by atoms with Crippen molar-refractivity contribution in [1.82, 2.24) is 9.99 Å². The normalized spacial score (nSPS) is 19.8. The van der Waals surface area contributed by atoms with Crippen molar-refractivity contribution < 1.29 is 27.5 Å². The molecule has 0 radical (unpaired) electrons. The Balaban J connectivity index is 1.42. The molecule has 1 aromatic heterocycles. The summed E-state index contributed by atoms with van der Waals surface area (Å²) < 4.78 is 28.8. The molecule has 0 aliphatic carbocycles. The first kappa shape index (κ1) is 23.1. The largest absolute Gasteiger partial charge is 0.455 e. The highest BCUT2D eigenvalue weighted by atomic mass is 32.2. The summed E-state index contributed by atoms with van der Waals surface area (Å²) in [6, 6.07) is 8.53. The van der Waals surface area contributed by atoms with Crippen LogP contribution in [0.4, 0.5) is 10.8 Å². The van der Waals surface area contributed by atoms with Gasteiger partial charge in [-0.2, -0.15) is 5.10 Å². The number of rotatable bonds is 6. The third-order valence-corrected chi connectivity index (χ3v) is 7.89. The highest BCUT2D eigenvalue weighted by Gasteiger charge is 2.37. The Morgan fingerprint density at radius 3 is 2.67 bits per heavy atom. The molecule has 10 nitrogen and oxygen atoms in total. The average Bonchev–Trinajstić information content (AvgIpc) is 3.39. The summed E-state index contributed by atoms with van der Waals surface area (Å²) in [7, 11) is -3.20. The molecule has 0 saturated carbocycles. The molecule has 174 valence electrons. The number of hydrazone groups is 1. The van der Waals surface area contributed by atoms with E-state index < -0.39 is 21.8 Å². The van der Waals surface area contributed by atoms with Crippen molar-refractivity contribution in [2.24, 2.45) is 5.10 Å². The second-order valence-corrected chi connectivity index (χ2v) is 10.8. The van der Waals surface area contributed by atoms with Gasteiger partial charge in [-0.1, -0.05) is 18.2 Å². The van der Waals surface area contributed by atoms with Crippen LogP contribution in [0.2, 0.25) is 0 Å². The molecule has 4 rings (SSSR count). The van der Waals surface area contributed by atoms with E-state index in [1.54, 1.807) is 17.5 Å². The lowest BCUT2D eigenvalue weighted by molar-refractivity contribution is -0.138. The molecule has 1 fully saturated rings. The first-order chi connectivity index (χ1) is 15.7. The summed E-state index contributed by atoms with van der Waals surface area (Å²) in [5, 5.41) is 7.38. The number of aromatic nitrogens is 1. The van der Waals surface area contributed by atoms with E-state index in [2.05, 4.69) is 10.1 Å². The molecule has 1 aromatic carbocycles. The van der Waals surface area contributed by atoms with Crippen LogP contribution in [0.15, 0.2) is 40.8 Å². The molecule has 0 spiro atoms. The van der Waals surface area contributed by atoms with E-state index in [4.69, 9.17) is 4.74 Å². The van der Waals surface area contributed by atoms with Crippen LogP contribution in [0, 0.1) is 0 Å². The predicted octanol–water partition coefficient (Wildman–Crippen LogP) is 2.04. The molecule has 1 saturated heterocycles. The van der Waals surface area contributed by atoms with Gasteiger partial charge in [0.05, 0.1) is 28.9 Å². The van der Waals surface area contributed by atoms with E-state index in [1.807, 2.05) is 18.2 Å². The number of para-hydroxylation sites is 1. The molecule has 0 bridgehead atoms. The molecule has 3 heterocycles. The van der Waals surface area contributed by atoms with Gasteiger partial charge in [0.1, 0.15) is 12.3 Å². The smallest absolute Gasteiger partial charge is 0.354 e. The van der Waals surface area contributed by atoms with Crippen molar-refractivity contribution in [1.29, 1.82) is 0 Å². The number of ether oxygens (including phenoxy) is 1. The van der Waals surface area contributed by atoms with Gasteiger partial charge < -0.3 is 4.74 Å². The van der Waals surface area contributed by atoms with Crippen LogP contribution in [0.1, 0.15) is 31.9 Å². The Morgan fingerprint density at radius 2 is 2.00 bits per heavy atom. The van der Waals surface area contributed by atoms with Crippen molar-refractivity contribution in [3.63, 3.8) is 0 Å². The van der Waals surface area contributed by atoms with Gasteiger partial charge in [0.25, 0.3) is 0 Å². The van der Waals surface area contributed by atoms with Crippen molar-refractivity contribution in [2.75, 3.05) is 16.4 Å². The maximum atomic E-state index is 12.5. The highest BCUT2D eigenvalue weighted by molar-refractivity contribution is 7.91. The summed E-state index contributed by atoms with van der Waals surface area (Å²) in [5.74, 6) is -1.34. The van der Waals surface area contributed by atoms with Gasteiger partial charge in [-0.15, -0.1) is 11.3 Å². The van der Waals surface area contributed by atoms with E-state index >= 15 is 0 Å². The van der Waals surface area contributed by atoms with Gasteiger partial charge in [-0.3, -0.25) is 14.5 Å². The van der Waals surface area contributed by atoms with Gasteiger partial charge in [0.15, 0.2) is 15.0 Å². The zero-order chi connectivity index (χ0) is 23.6. The van der Waals surface area contributed by atoms with Gasteiger partial charge in [-0.05, 0) is 18.6 Å². The van der Waals surface area contributed by atoms with Crippen LogP contribution in [0.5, 0.6) is 0 Å². The second kappa shape index (κ2) is 9.40. The molecule has 2 aromatic rings. The molecule has 33 heavy (non-hydrogen) atoms.